The zero-order chi connectivity index (χ0) is 21.7. The third-order valence-corrected chi connectivity index (χ3v) is 5.60. The van der Waals surface area contributed by atoms with Crippen molar-refractivity contribution in [1.29, 1.82) is 0 Å². The number of ether oxygens (including phenoxy) is 1. The number of benzene rings is 2. The molecule has 0 aromatic heterocycles. The van der Waals surface area contributed by atoms with E-state index in [1.807, 2.05) is 18.2 Å². The molecule has 2 aromatic rings. The molecule has 0 aliphatic carbocycles. The van der Waals surface area contributed by atoms with Gasteiger partial charge in [0.25, 0.3) is 0 Å². The average Bonchev–Trinajstić information content (AvgIpc) is 2.80. The Balaban J connectivity index is 1.49. The molecule has 0 saturated carbocycles. The SMILES string of the molecule is CCCN1CCC(NC(=NCc2cccc(COCc3ccccc3)c2)NCC)CC1. The van der Waals surface area contributed by atoms with E-state index in [4.69, 9.17) is 9.73 Å². The molecule has 1 heterocycles. The molecule has 0 bridgehead atoms. The molecule has 0 radical (unpaired) electrons. The molecule has 2 N–H and O–H groups in total. The third kappa shape index (κ3) is 8.35. The summed E-state index contributed by atoms with van der Waals surface area (Å²) in [6, 6.07) is 19.3. The zero-order valence-electron chi connectivity index (χ0n) is 19.1. The maximum Gasteiger partial charge on any atom is 0.191 e. The minimum Gasteiger partial charge on any atom is -0.372 e. The predicted octanol–water partition coefficient (Wildman–Crippen LogP) is 4.33. The van der Waals surface area contributed by atoms with Gasteiger partial charge in [-0.1, -0.05) is 61.5 Å². The van der Waals surface area contributed by atoms with Gasteiger partial charge in [-0.05, 0) is 49.4 Å². The first kappa shape index (κ1) is 23.3. The lowest BCUT2D eigenvalue weighted by Gasteiger charge is -2.32. The quantitative estimate of drug-likeness (QED) is 0.442. The number of nitrogens with zero attached hydrogens (tertiary/aromatic N) is 2. The molecule has 1 fully saturated rings. The number of aliphatic imine (C=N–C) groups is 1. The van der Waals surface area contributed by atoms with Gasteiger partial charge in [-0.3, -0.25) is 0 Å². The molecule has 1 saturated heterocycles. The second-order valence-corrected chi connectivity index (χ2v) is 8.25. The van der Waals surface area contributed by atoms with E-state index >= 15 is 0 Å². The van der Waals surface area contributed by atoms with E-state index in [-0.39, 0.29) is 0 Å². The van der Waals surface area contributed by atoms with E-state index < -0.39 is 0 Å². The van der Waals surface area contributed by atoms with E-state index in [9.17, 15) is 0 Å². The summed E-state index contributed by atoms with van der Waals surface area (Å²) in [6.07, 6.45) is 3.59. The van der Waals surface area contributed by atoms with Crippen molar-refractivity contribution in [2.24, 2.45) is 4.99 Å². The average molecular weight is 423 g/mol. The van der Waals surface area contributed by atoms with Crippen LogP contribution in [0.3, 0.4) is 0 Å². The van der Waals surface area contributed by atoms with Crippen molar-refractivity contribution in [2.45, 2.75) is 58.9 Å². The molecular formula is C26H38N4O. The van der Waals surface area contributed by atoms with Crippen LogP contribution in [-0.4, -0.2) is 43.1 Å². The maximum absolute atomic E-state index is 5.89. The second-order valence-electron chi connectivity index (χ2n) is 8.25. The summed E-state index contributed by atoms with van der Waals surface area (Å²) in [5.74, 6) is 0.919. The molecular weight excluding hydrogens is 384 g/mol. The molecule has 5 nitrogen and oxygen atoms in total. The molecule has 31 heavy (non-hydrogen) atoms. The zero-order valence-corrected chi connectivity index (χ0v) is 19.1. The van der Waals surface area contributed by atoms with Crippen LogP contribution >= 0.6 is 0 Å². The van der Waals surface area contributed by atoms with Crippen molar-refractivity contribution in [1.82, 2.24) is 15.5 Å². The van der Waals surface area contributed by atoms with Crippen LogP contribution in [0.25, 0.3) is 0 Å². The third-order valence-electron chi connectivity index (χ3n) is 5.60. The Kier molecular flexibility index (Phi) is 9.87. The Morgan fingerprint density at radius 2 is 1.68 bits per heavy atom. The fourth-order valence-electron chi connectivity index (χ4n) is 3.98. The number of hydrogen-bond acceptors (Lipinski definition) is 3. The van der Waals surface area contributed by atoms with Crippen molar-refractivity contribution in [3.63, 3.8) is 0 Å². The summed E-state index contributed by atoms with van der Waals surface area (Å²) >= 11 is 0. The lowest BCUT2D eigenvalue weighted by molar-refractivity contribution is 0.107. The van der Waals surface area contributed by atoms with Crippen LogP contribution in [0.1, 0.15) is 49.8 Å². The van der Waals surface area contributed by atoms with E-state index in [1.165, 1.54) is 55.6 Å². The first-order valence-corrected chi connectivity index (χ1v) is 11.7. The van der Waals surface area contributed by atoms with Crippen LogP contribution in [0.4, 0.5) is 0 Å². The Morgan fingerprint density at radius 3 is 2.42 bits per heavy atom. The minimum atomic E-state index is 0.503. The highest BCUT2D eigenvalue weighted by molar-refractivity contribution is 5.80. The smallest absolute Gasteiger partial charge is 0.191 e. The van der Waals surface area contributed by atoms with Crippen molar-refractivity contribution in [2.75, 3.05) is 26.2 Å². The van der Waals surface area contributed by atoms with Gasteiger partial charge in [0.1, 0.15) is 0 Å². The summed E-state index contributed by atoms with van der Waals surface area (Å²) in [5.41, 5.74) is 3.59. The van der Waals surface area contributed by atoms with Gasteiger partial charge >= 0.3 is 0 Å². The fraction of sp³-hybridized carbons (Fsp3) is 0.500. The van der Waals surface area contributed by atoms with E-state index in [1.54, 1.807) is 0 Å². The van der Waals surface area contributed by atoms with E-state index in [0.29, 0.717) is 25.8 Å². The highest BCUT2D eigenvalue weighted by Crippen LogP contribution is 2.12. The number of guanidine groups is 1. The van der Waals surface area contributed by atoms with Crippen molar-refractivity contribution < 1.29 is 4.74 Å². The van der Waals surface area contributed by atoms with Crippen LogP contribution in [0, 0.1) is 0 Å². The van der Waals surface area contributed by atoms with Crippen molar-refractivity contribution >= 4 is 5.96 Å². The molecule has 0 atom stereocenters. The van der Waals surface area contributed by atoms with Gasteiger partial charge in [0.05, 0.1) is 19.8 Å². The summed E-state index contributed by atoms with van der Waals surface area (Å²) in [6.45, 7) is 10.7. The first-order valence-electron chi connectivity index (χ1n) is 11.7. The van der Waals surface area contributed by atoms with Gasteiger partial charge in [-0.15, -0.1) is 0 Å². The van der Waals surface area contributed by atoms with Gasteiger partial charge in [0.2, 0.25) is 0 Å². The van der Waals surface area contributed by atoms with Gasteiger partial charge in [-0.25, -0.2) is 4.99 Å². The van der Waals surface area contributed by atoms with Crippen LogP contribution in [0.5, 0.6) is 0 Å². The van der Waals surface area contributed by atoms with Crippen LogP contribution < -0.4 is 10.6 Å². The highest BCUT2D eigenvalue weighted by atomic mass is 16.5. The lowest BCUT2D eigenvalue weighted by atomic mass is 10.1. The van der Waals surface area contributed by atoms with Crippen molar-refractivity contribution in [3.8, 4) is 0 Å². The first-order chi connectivity index (χ1) is 15.3. The molecule has 1 aliphatic heterocycles. The molecule has 168 valence electrons. The highest BCUT2D eigenvalue weighted by Gasteiger charge is 2.19. The van der Waals surface area contributed by atoms with E-state index in [2.05, 4.69) is 65.8 Å². The molecule has 3 rings (SSSR count). The monoisotopic (exact) mass is 422 g/mol. The molecule has 2 aromatic carbocycles. The Morgan fingerprint density at radius 1 is 0.968 bits per heavy atom. The summed E-state index contributed by atoms with van der Waals surface area (Å²) in [5, 5.41) is 7.05. The number of hydrogen-bond donors (Lipinski definition) is 2. The van der Waals surface area contributed by atoms with Gasteiger partial charge in [0, 0.05) is 25.7 Å². The summed E-state index contributed by atoms with van der Waals surface area (Å²) in [4.78, 5) is 7.41. The van der Waals surface area contributed by atoms with E-state index in [0.717, 1.165) is 12.5 Å². The predicted molar refractivity (Wildman–Crippen MR) is 129 cm³/mol. The molecule has 0 unspecified atom stereocenters. The van der Waals surface area contributed by atoms with Crippen LogP contribution in [-0.2, 0) is 24.5 Å². The Bertz CT molecular complexity index is 785. The maximum atomic E-state index is 5.89. The normalized spacial score (nSPS) is 15.7. The standard InChI is InChI=1S/C26H38N4O/c1-3-15-30-16-13-25(14-17-30)29-26(27-4-2)28-19-23-11-8-12-24(18-23)21-31-20-22-9-6-5-7-10-22/h5-12,18,25H,3-4,13-17,19-21H2,1-2H3,(H2,27,28,29). The van der Waals surface area contributed by atoms with Gasteiger partial charge in [-0.2, -0.15) is 0 Å². The van der Waals surface area contributed by atoms with Crippen molar-refractivity contribution in [3.05, 3.63) is 71.3 Å². The number of piperidine rings is 1. The molecule has 0 spiro atoms. The second kappa shape index (κ2) is 13.1. The Labute approximate surface area is 187 Å². The minimum absolute atomic E-state index is 0.503. The summed E-state index contributed by atoms with van der Waals surface area (Å²) in [7, 11) is 0. The number of nitrogens with one attached hydrogen (secondary N) is 2. The molecule has 0 amide bonds. The largest absolute Gasteiger partial charge is 0.372 e. The topological polar surface area (TPSA) is 48.9 Å². The lowest BCUT2D eigenvalue weighted by Crippen LogP contribution is -2.48. The van der Waals surface area contributed by atoms with Gasteiger partial charge < -0.3 is 20.3 Å². The van der Waals surface area contributed by atoms with Crippen LogP contribution in [0.15, 0.2) is 59.6 Å². The van der Waals surface area contributed by atoms with Gasteiger partial charge in [0.15, 0.2) is 5.96 Å². The number of likely N-dealkylation sites (tertiary alicyclic amines) is 1. The molecule has 1 aliphatic rings. The summed E-state index contributed by atoms with van der Waals surface area (Å²) < 4.78 is 5.89. The number of rotatable bonds is 10. The molecule has 5 heteroatoms. The van der Waals surface area contributed by atoms with Crippen LogP contribution in [0.2, 0.25) is 0 Å². The fourth-order valence-corrected chi connectivity index (χ4v) is 3.98. The Hall–Kier alpha value is -2.37.